The molecule has 0 saturated heterocycles. The first-order valence-corrected chi connectivity index (χ1v) is 8.30. The lowest BCUT2D eigenvalue weighted by Crippen LogP contribution is -2.32. The number of ether oxygens (including phenoxy) is 1. The second-order valence-corrected chi connectivity index (χ2v) is 5.74. The van der Waals surface area contributed by atoms with E-state index in [2.05, 4.69) is 0 Å². The number of esters is 1. The first-order chi connectivity index (χ1) is 12.1. The molecule has 2 aromatic carbocycles. The molecule has 0 fully saturated rings. The molecule has 0 N–H and O–H groups in total. The summed E-state index contributed by atoms with van der Waals surface area (Å²) in [5.41, 5.74) is 2.21. The van der Waals surface area contributed by atoms with E-state index in [4.69, 9.17) is 4.74 Å². The minimum absolute atomic E-state index is 0.145. The van der Waals surface area contributed by atoms with E-state index >= 15 is 0 Å². The van der Waals surface area contributed by atoms with Crippen molar-refractivity contribution in [3.8, 4) is 0 Å². The number of benzene rings is 2. The number of anilines is 1. The van der Waals surface area contributed by atoms with Gasteiger partial charge in [-0.3, -0.25) is 14.4 Å². The van der Waals surface area contributed by atoms with Gasteiger partial charge in [0.1, 0.15) is 0 Å². The summed E-state index contributed by atoms with van der Waals surface area (Å²) in [6, 6.07) is 14.0. The molecule has 0 aliphatic carbocycles. The Bertz CT molecular complexity index is 829. The maximum atomic E-state index is 12.7. The number of hydrogen-bond acceptors (Lipinski definition) is 4. The fraction of sp³-hybridized carbons (Fsp3) is 0.250. The number of likely N-dealkylation sites (N-methyl/N-ethyl adjacent to an activating group) is 1. The second kappa shape index (κ2) is 6.89. The minimum Gasteiger partial charge on any atom is -0.465 e. The van der Waals surface area contributed by atoms with E-state index in [0.717, 1.165) is 0 Å². The van der Waals surface area contributed by atoms with Crippen molar-refractivity contribution in [2.75, 3.05) is 18.1 Å². The summed E-state index contributed by atoms with van der Waals surface area (Å²) < 4.78 is 5.06. The molecular weight excluding hydrogens is 318 g/mol. The van der Waals surface area contributed by atoms with E-state index in [1.807, 2.05) is 13.0 Å². The monoisotopic (exact) mass is 337 g/mol. The highest BCUT2D eigenvalue weighted by Gasteiger charge is 2.42. The number of hydrogen-bond donors (Lipinski definition) is 0. The maximum absolute atomic E-state index is 12.7. The van der Waals surface area contributed by atoms with E-state index in [0.29, 0.717) is 28.9 Å². The highest BCUT2D eigenvalue weighted by atomic mass is 16.5. The van der Waals surface area contributed by atoms with Crippen molar-refractivity contribution in [3.05, 3.63) is 65.2 Å². The summed E-state index contributed by atoms with van der Waals surface area (Å²) in [5.74, 6) is -2.03. The normalized spacial score (nSPS) is 15.8. The zero-order valence-electron chi connectivity index (χ0n) is 14.2. The highest BCUT2D eigenvalue weighted by Crippen LogP contribution is 2.38. The van der Waals surface area contributed by atoms with E-state index in [-0.39, 0.29) is 18.3 Å². The van der Waals surface area contributed by atoms with Crippen LogP contribution in [-0.2, 0) is 14.3 Å². The van der Waals surface area contributed by atoms with Crippen LogP contribution in [0.3, 0.4) is 0 Å². The first kappa shape index (κ1) is 16.9. The van der Waals surface area contributed by atoms with Gasteiger partial charge < -0.3 is 9.64 Å². The molecule has 0 saturated carbocycles. The molecule has 3 rings (SSSR count). The van der Waals surface area contributed by atoms with Gasteiger partial charge in [0.2, 0.25) is 5.91 Å². The molecule has 0 radical (unpaired) electrons. The number of carbonyl (C=O) groups is 3. The van der Waals surface area contributed by atoms with Gasteiger partial charge in [0.25, 0.3) is 0 Å². The number of rotatable bonds is 5. The van der Waals surface area contributed by atoms with Crippen molar-refractivity contribution in [1.82, 2.24) is 0 Å². The molecule has 1 aliphatic rings. The van der Waals surface area contributed by atoms with Gasteiger partial charge in [0, 0.05) is 28.9 Å². The molecule has 1 atom stereocenters. The van der Waals surface area contributed by atoms with Gasteiger partial charge in [0.15, 0.2) is 11.7 Å². The average Bonchev–Trinajstić information content (AvgIpc) is 2.92. The molecule has 2 aromatic rings. The molecular formula is C20H19NO4. The summed E-state index contributed by atoms with van der Waals surface area (Å²) in [6.45, 7) is 4.20. The van der Waals surface area contributed by atoms with Crippen molar-refractivity contribution in [1.29, 1.82) is 0 Å². The van der Waals surface area contributed by atoms with Crippen LogP contribution < -0.4 is 4.90 Å². The first-order valence-electron chi connectivity index (χ1n) is 8.30. The fourth-order valence-corrected chi connectivity index (χ4v) is 3.12. The van der Waals surface area contributed by atoms with E-state index in [1.165, 1.54) is 0 Å². The molecule has 0 bridgehead atoms. The number of nitrogens with zero attached hydrogens (tertiary/aromatic N) is 1. The van der Waals surface area contributed by atoms with Gasteiger partial charge >= 0.3 is 5.97 Å². The number of carbonyl (C=O) groups excluding carboxylic acids is 3. The zero-order chi connectivity index (χ0) is 18.0. The minimum atomic E-state index is -1.00. The summed E-state index contributed by atoms with van der Waals surface area (Å²) >= 11 is 0. The van der Waals surface area contributed by atoms with Gasteiger partial charge in [0.05, 0.1) is 6.61 Å². The van der Waals surface area contributed by atoms with Gasteiger partial charge in [-0.1, -0.05) is 30.3 Å². The predicted octanol–water partition coefficient (Wildman–Crippen LogP) is 2.93. The Labute approximate surface area is 146 Å². The Hall–Kier alpha value is -2.95. The average molecular weight is 337 g/mol. The van der Waals surface area contributed by atoms with Crippen molar-refractivity contribution in [2.24, 2.45) is 0 Å². The molecule has 25 heavy (non-hydrogen) atoms. The molecule has 1 unspecified atom stereocenters. The van der Waals surface area contributed by atoms with Crippen molar-refractivity contribution in [3.63, 3.8) is 0 Å². The Morgan fingerprint density at radius 1 is 1.04 bits per heavy atom. The molecule has 0 aromatic heterocycles. The van der Waals surface area contributed by atoms with E-state index in [9.17, 15) is 14.4 Å². The van der Waals surface area contributed by atoms with Crippen LogP contribution in [0, 0.1) is 0 Å². The Morgan fingerprint density at radius 3 is 2.40 bits per heavy atom. The van der Waals surface area contributed by atoms with Gasteiger partial charge in [-0.15, -0.1) is 0 Å². The number of fused-ring (bicyclic) bond motifs is 1. The standard InChI is InChI=1S/C20H19NO4/c1-3-21-16-11-10-14(18(22)13-8-6-5-7-9-13)12-15(16)17(19(21)23)20(24)25-4-2/h5-12,17H,3-4H2,1-2H3. The zero-order valence-corrected chi connectivity index (χ0v) is 14.2. The Balaban J connectivity index is 2.04. The molecule has 128 valence electrons. The second-order valence-electron chi connectivity index (χ2n) is 5.74. The quantitative estimate of drug-likeness (QED) is 0.478. The third-order valence-corrected chi connectivity index (χ3v) is 4.28. The van der Waals surface area contributed by atoms with Crippen LogP contribution in [0.1, 0.15) is 41.3 Å². The molecule has 5 heteroatoms. The van der Waals surface area contributed by atoms with Crippen LogP contribution in [-0.4, -0.2) is 30.8 Å². The Morgan fingerprint density at radius 2 is 1.76 bits per heavy atom. The van der Waals surface area contributed by atoms with E-state index < -0.39 is 11.9 Å². The Kier molecular flexibility index (Phi) is 4.65. The predicted molar refractivity (Wildman–Crippen MR) is 93.7 cm³/mol. The van der Waals surface area contributed by atoms with Gasteiger partial charge in [-0.2, -0.15) is 0 Å². The lowest BCUT2D eigenvalue weighted by molar-refractivity contribution is -0.147. The topological polar surface area (TPSA) is 63.7 Å². The van der Waals surface area contributed by atoms with Crippen molar-refractivity contribution < 1.29 is 19.1 Å². The van der Waals surface area contributed by atoms with Crippen LogP contribution in [0.25, 0.3) is 0 Å². The van der Waals surface area contributed by atoms with E-state index in [1.54, 1.807) is 54.3 Å². The van der Waals surface area contributed by atoms with Gasteiger partial charge in [-0.05, 0) is 32.0 Å². The number of amides is 1. The maximum Gasteiger partial charge on any atom is 0.323 e. The van der Waals surface area contributed by atoms with Crippen LogP contribution in [0.5, 0.6) is 0 Å². The summed E-state index contributed by atoms with van der Waals surface area (Å²) in [5, 5.41) is 0. The molecule has 1 heterocycles. The lowest BCUT2D eigenvalue weighted by atomic mass is 9.95. The van der Waals surface area contributed by atoms with Gasteiger partial charge in [-0.25, -0.2) is 0 Å². The smallest absolute Gasteiger partial charge is 0.323 e. The highest BCUT2D eigenvalue weighted by molar-refractivity contribution is 6.17. The van der Waals surface area contributed by atoms with Crippen LogP contribution in [0.2, 0.25) is 0 Å². The lowest BCUT2D eigenvalue weighted by Gasteiger charge is -2.14. The van der Waals surface area contributed by atoms with Crippen LogP contribution in [0.15, 0.2) is 48.5 Å². The summed E-state index contributed by atoms with van der Waals surface area (Å²) in [7, 11) is 0. The third-order valence-electron chi connectivity index (χ3n) is 4.28. The van der Waals surface area contributed by atoms with Crippen LogP contribution >= 0.6 is 0 Å². The summed E-state index contributed by atoms with van der Waals surface area (Å²) in [6.07, 6.45) is 0. The fourth-order valence-electron chi connectivity index (χ4n) is 3.12. The molecule has 5 nitrogen and oxygen atoms in total. The van der Waals surface area contributed by atoms with Crippen molar-refractivity contribution in [2.45, 2.75) is 19.8 Å². The summed E-state index contributed by atoms with van der Waals surface area (Å²) in [4.78, 5) is 39.1. The largest absolute Gasteiger partial charge is 0.465 e. The molecule has 1 amide bonds. The van der Waals surface area contributed by atoms with Crippen LogP contribution in [0.4, 0.5) is 5.69 Å². The third kappa shape index (κ3) is 2.93. The molecule has 0 spiro atoms. The van der Waals surface area contributed by atoms with Crippen molar-refractivity contribution >= 4 is 23.3 Å². The molecule has 1 aliphatic heterocycles. The number of ketones is 1. The SMILES string of the molecule is CCOC(=O)C1C(=O)N(CC)c2ccc(C(=O)c3ccccc3)cc21.